The number of thiazole rings is 1. The maximum atomic E-state index is 12.3. The van der Waals surface area contributed by atoms with Gasteiger partial charge in [-0.25, -0.2) is 4.98 Å². The first kappa shape index (κ1) is 17.7. The van der Waals surface area contributed by atoms with Gasteiger partial charge < -0.3 is 5.32 Å². The summed E-state index contributed by atoms with van der Waals surface area (Å²) < 4.78 is 0.914. The number of rotatable bonds is 6. The zero-order valence-electron chi connectivity index (χ0n) is 14.2. The normalized spacial score (nSPS) is 11.9. The highest BCUT2D eigenvalue weighted by molar-refractivity contribution is 8.02. The summed E-state index contributed by atoms with van der Waals surface area (Å²) in [6.45, 7) is 4.52. The Morgan fingerprint density at radius 1 is 1.16 bits per heavy atom. The van der Waals surface area contributed by atoms with E-state index in [2.05, 4.69) is 29.4 Å². The summed E-state index contributed by atoms with van der Waals surface area (Å²) in [5.41, 5.74) is 4.39. The lowest BCUT2D eigenvalue weighted by molar-refractivity contribution is -0.120. The van der Waals surface area contributed by atoms with Crippen LogP contribution in [0.15, 0.2) is 64.3 Å². The van der Waals surface area contributed by atoms with Gasteiger partial charge in [-0.15, -0.1) is 11.3 Å². The minimum absolute atomic E-state index is 0.0297. The number of carbonyl (C=O) groups excluding carboxylic acids is 1. The summed E-state index contributed by atoms with van der Waals surface area (Å²) in [6.07, 6.45) is 0. The molecular weight excluding hydrogens is 348 g/mol. The minimum atomic E-state index is -0.180. The number of aryl methyl sites for hydroxylation is 1. The molecule has 1 heterocycles. The Labute approximate surface area is 156 Å². The molecule has 0 radical (unpaired) electrons. The molecule has 3 nitrogen and oxygen atoms in total. The molecule has 128 valence electrons. The highest BCUT2D eigenvalue weighted by Gasteiger charge is 2.16. The van der Waals surface area contributed by atoms with Crippen molar-refractivity contribution >= 4 is 29.0 Å². The van der Waals surface area contributed by atoms with Crippen molar-refractivity contribution < 1.29 is 4.79 Å². The second-order valence-electron chi connectivity index (χ2n) is 5.83. The highest BCUT2D eigenvalue weighted by atomic mass is 32.2. The van der Waals surface area contributed by atoms with Gasteiger partial charge in [-0.3, -0.25) is 4.79 Å². The molecule has 0 unspecified atom stereocenters. The van der Waals surface area contributed by atoms with Crippen LogP contribution in [0.5, 0.6) is 0 Å². The van der Waals surface area contributed by atoms with Gasteiger partial charge in [0.05, 0.1) is 10.9 Å². The lowest BCUT2D eigenvalue weighted by Gasteiger charge is -2.10. The van der Waals surface area contributed by atoms with Crippen molar-refractivity contribution in [1.82, 2.24) is 10.3 Å². The molecule has 0 saturated carbocycles. The molecule has 0 aliphatic heterocycles. The average molecular weight is 369 g/mol. The maximum Gasteiger partial charge on any atom is 0.233 e. The zero-order chi connectivity index (χ0) is 17.6. The van der Waals surface area contributed by atoms with Gasteiger partial charge in [0.2, 0.25) is 5.91 Å². The summed E-state index contributed by atoms with van der Waals surface area (Å²) in [7, 11) is 0. The van der Waals surface area contributed by atoms with Crippen molar-refractivity contribution in [3.05, 3.63) is 71.1 Å². The van der Waals surface area contributed by atoms with Crippen molar-refractivity contribution in [2.75, 3.05) is 0 Å². The van der Waals surface area contributed by atoms with Crippen LogP contribution in [0.1, 0.15) is 18.1 Å². The molecule has 1 N–H and O–H groups in total. The van der Waals surface area contributed by atoms with E-state index in [9.17, 15) is 4.79 Å². The standard InChI is InChI=1S/C20H20N2OS2/c1-14-8-10-16(11-9-14)12-21-19(23)15(2)25-20-22-18(13-24-20)17-6-4-3-5-7-17/h3-11,13,15H,12H2,1-2H3,(H,21,23)/t15-/m1/s1. The van der Waals surface area contributed by atoms with Crippen molar-refractivity contribution in [2.24, 2.45) is 0 Å². The van der Waals surface area contributed by atoms with Crippen LogP contribution < -0.4 is 5.32 Å². The first-order valence-electron chi connectivity index (χ1n) is 8.12. The van der Waals surface area contributed by atoms with Crippen molar-refractivity contribution in [1.29, 1.82) is 0 Å². The lowest BCUT2D eigenvalue weighted by atomic mass is 10.1. The van der Waals surface area contributed by atoms with Crippen molar-refractivity contribution in [3.8, 4) is 11.3 Å². The third-order valence-corrected chi connectivity index (χ3v) is 5.86. The molecule has 0 spiro atoms. The van der Waals surface area contributed by atoms with Gasteiger partial charge in [-0.05, 0) is 19.4 Å². The summed E-state index contributed by atoms with van der Waals surface area (Å²) in [5, 5.41) is 4.85. The first-order chi connectivity index (χ1) is 12.1. The average Bonchev–Trinajstić information content (AvgIpc) is 3.10. The van der Waals surface area contributed by atoms with Crippen molar-refractivity contribution in [3.63, 3.8) is 0 Å². The Balaban J connectivity index is 1.54. The Morgan fingerprint density at radius 2 is 1.88 bits per heavy atom. The Bertz CT molecular complexity index is 828. The van der Waals surface area contributed by atoms with E-state index in [1.165, 1.54) is 17.3 Å². The van der Waals surface area contributed by atoms with Gasteiger partial charge in [-0.2, -0.15) is 0 Å². The lowest BCUT2D eigenvalue weighted by Crippen LogP contribution is -2.30. The van der Waals surface area contributed by atoms with E-state index in [-0.39, 0.29) is 11.2 Å². The predicted molar refractivity (Wildman–Crippen MR) is 106 cm³/mol. The van der Waals surface area contributed by atoms with Crippen LogP contribution in [0.25, 0.3) is 11.3 Å². The molecule has 0 bridgehead atoms. The van der Waals surface area contributed by atoms with Crippen LogP contribution in [0.4, 0.5) is 0 Å². The smallest absolute Gasteiger partial charge is 0.233 e. The molecule has 1 amide bonds. The summed E-state index contributed by atoms with van der Waals surface area (Å²) in [6, 6.07) is 18.3. The molecule has 0 aliphatic rings. The molecule has 25 heavy (non-hydrogen) atoms. The van der Waals surface area contributed by atoms with Gasteiger partial charge in [0, 0.05) is 17.5 Å². The van der Waals surface area contributed by atoms with Crippen LogP contribution in [0.2, 0.25) is 0 Å². The first-order valence-corrected chi connectivity index (χ1v) is 9.88. The topological polar surface area (TPSA) is 42.0 Å². The van der Waals surface area contributed by atoms with Crippen LogP contribution in [-0.2, 0) is 11.3 Å². The molecule has 2 aromatic carbocycles. The molecule has 1 aromatic heterocycles. The van der Waals surface area contributed by atoms with E-state index in [0.29, 0.717) is 6.54 Å². The van der Waals surface area contributed by atoms with Crippen LogP contribution >= 0.6 is 23.1 Å². The molecular formula is C20H20N2OS2. The van der Waals surface area contributed by atoms with Crippen LogP contribution in [-0.4, -0.2) is 16.1 Å². The number of hydrogen-bond acceptors (Lipinski definition) is 4. The fourth-order valence-corrected chi connectivity index (χ4v) is 4.29. The number of benzene rings is 2. The van der Waals surface area contributed by atoms with Gasteiger partial charge >= 0.3 is 0 Å². The summed E-state index contributed by atoms with van der Waals surface area (Å²) >= 11 is 3.08. The van der Waals surface area contributed by atoms with Gasteiger partial charge in [0.25, 0.3) is 0 Å². The van der Waals surface area contributed by atoms with Crippen molar-refractivity contribution in [2.45, 2.75) is 30.0 Å². The Kier molecular flexibility index (Phi) is 5.89. The third kappa shape index (κ3) is 4.94. The minimum Gasteiger partial charge on any atom is -0.351 e. The largest absolute Gasteiger partial charge is 0.351 e. The number of thioether (sulfide) groups is 1. The number of nitrogens with one attached hydrogen (secondary N) is 1. The van der Waals surface area contributed by atoms with Gasteiger partial charge in [0.1, 0.15) is 0 Å². The number of amides is 1. The quantitative estimate of drug-likeness (QED) is 0.628. The van der Waals surface area contributed by atoms with E-state index in [0.717, 1.165) is 21.2 Å². The summed E-state index contributed by atoms with van der Waals surface area (Å²) in [4.78, 5) is 16.9. The van der Waals surface area contributed by atoms with Crippen LogP contribution in [0, 0.1) is 6.92 Å². The summed E-state index contributed by atoms with van der Waals surface area (Å²) in [5.74, 6) is 0.0297. The van der Waals surface area contributed by atoms with Crippen LogP contribution in [0.3, 0.4) is 0 Å². The molecule has 3 aromatic rings. The van der Waals surface area contributed by atoms with E-state index < -0.39 is 0 Å². The molecule has 0 saturated heterocycles. The fraction of sp³-hybridized carbons (Fsp3) is 0.200. The number of nitrogens with zero attached hydrogens (tertiary/aromatic N) is 1. The molecule has 0 aliphatic carbocycles. The van der Waals surface area contributed by atoms with Gasteiger partial charge in [-0.1, -0.05) is 71.9 Å². The molecule has 3 rings (SSSR count). The van der Waals surface area contributed by atoms with E-state index in [1.807, 2.05) is 54.8 Å². The second-order valence-corrected chi connectivity index (χ2v) is 8.27. The fourth-order valence-electron chi connectivity index (χ4n) is 2.30. The van der Waals surface area contributed by atoms with Gasteiger partial charge in [0.15, 0.2) is 4.34 Å². The van der Waals surface area contributed by atoms with E-state index in [1.54, 1.807) is 11.3 Å². The number of carbonyl (C=O) groups is 1. The number of hydrogen-bond donors (Lipinski definition) is 1. The maximum absolute atomic E-state index is 12.3. The predicted octanol–water partition coefficient (Wildman–Crippen LogP) is 4.92. The number of aromatic nitrogens is 1. The highest BCUT2D eigenvalue weighted by Crippen LogP contribution is 2.30. The second kappa shape index (κ2) is 8.32. The monoisotopic (exact) mass is 368 g/mol. The van der Waals surface area contributed by atoms with E-state index >= 15 is 0 Å². The SMILES string of the molecule is Cc1ccc(CNC(=O)[C@@H](C)Sc2nc(-c3ccccc3)cs2)cc1. The third-order valence-electron chi connectivity index (χ3n) is 3.79. The molecule has 0 fully saturated rings. The Morgan fingerprint density at radius 3 is 2.60 bits per heavy atom. The van der Waals surface area contributed by atoms with E-state index in [4.69, 9.17) is 0 Å². The zero-order valence-corrected chi connectivity index (χ0v) is 15.9. The molecule has 5 heteroatoms. The Hall–Kier alpha value is -2.11. The molecule has 1 atom stereocenters.